The highest BCUT2D eigenvalue weighted by atomic mass is 16.5. The number of esters is 1. The van der Waals surface area contributed by atoms with Gasteiger partial charge in [0.15, 0.2) is 0 Å². The van der Waals surface area contributed by atoms with E-state index < -0.39 is 0 Å². The molecule has 0 saturated heterocycles. The summed E-state index contributed by atoms with van der Waals surface area (Å²) >= 11 is 0. The van der Waals surface area contributed by atoms with Crippen molar-refractivity contribution in [1.29, 1.82) is 0 Å². The van der Waals surface area contributed by atoms with Gasteiger partial charge in [0.05, 0.1) is 6.61 Å². The van der Waals surface area contributed by atoms with Crippen LogP contribution in [-0.4, -0.2) is 32.3 Å². The summed E-state index contributed by atoms with van der Waals surface area (Å²) in [5, 5.41) is 0. The zero-order chi connectivity index (χ0) is 19.1. The van der Waals surface area contributed by atoms with Crippen molar-refractivity contribution in [2.75, 3.05) is 31.2 Å². The summed E-state index contributed by atoms with van der Waals surface area (Å²) in [4.78, 5) is 14.2. The van der Waals surface area contributed by atoms with E-state index in [1.54, 1.807) is 12.1 Å². The van der Waals surface area contributed by atoms with E-state index in [2.05, 4.69) is 43.0 Å². The Kier molecular flexibility index (Phi) is 6.51. The molecule has 1 heterocycles. The minimum absolute atomic E-state index is 0.183. The molecule has 1 aliphatic heterocycles. The van der Waals surface area contributed by atoms with E-state index >= 15 is 0 Å². The van der Waals surface area contributed by atoms with Crippen molar-refractivity contribution in [2.24, 2.45) is 0 Å². The first-order valence-corrected chi connectivity index (χ1v) is 9.74. The Labute approximate surface area is 162 Å². The fourth-order valence-electron chi connectivity index (χ4n) is 3.59. The third kappa shape index (κ3) is 5.33. The summed E-state index contributed by atoms with van der Waals surface area (Å²) in [6.07, 6.45) is 2.07. The highest BCUT2D eigenvalue weighted by Crippen LogP contribution is 2.39. The van der Waals surface area contributed by atoms with Crippen molar-refractivity contribution in [2.45, 2.75) is 38.5 Å². The zero-order valence-corrected chi connectivity index (χ0v) is 16.3. The van der Waals surface area contributed by atoms with Gasteiger partial charge in [0, 0.05) is 37.2 Å². The molecule has 27 heavy (non-hydrogen) atoms. The van der Waals surface area contributed by atoms with Crippen LogP contribution in [0.15, 0.2) is 54.6 Å². The Balaban J connectivity index is 1.29. The molecule has 0 atom stereocenters. The number of ether oxygens (including phenoxy) is 2. The molecule has 0 bridgehead atoms. The van der Waals surface area contributed by atoms with Gasteiger partial charge in [-0.25, -0.2) is 0 Å². The molecule has 0 spiro atoms. The molecule has 0 saturated carbocycles. The van der Waals surface area contributed by atoms with Crippen molar-refractivity contribution in [3.05, 3.63) is 60.2 Å². The molecule has 4 nitrogen and oxygen atoms in total. The summed E-state index contributed by atoms with van der Waals surface area (Å²) in [5.41, 5.74) is 2.94. The van der Waals surface area contributed by atoms with Crippen molar-refractivity contribution in [3.63, 3.8) is 0 Å². The number of anilines is 1. The molecule has 0 aliphatic carbocycles. The second kappa shape index (κ2) is 9.05. The maximum atomic E-state index is 11.8. The molecule has 2 aromatic rings. The SMILES string of the molecule is CC1(C)CN(CCOCCCCC(=O)Oc2ccccc2)c2ccccc21. The molecule has 3 rings (SSSR count). The zero-order valence-electron chi connectivity index (χ0n) is 16.3. The highest BCUT2D eigenvalue weighted by Gasteiger charge is 2.34. The summed E-state index contributed by atoms with van der Waals surface area (Å²) in [6, 6.07) is 17.8. The highest BCUT2D eigenvalue weighted by molar-refractivity contribution is 5.72. The van der Waals surface area contributed by atoms with E-state index in [1.807, 2.05) is 18.2 Å². The first-order valence-electron chi connectivity index (χ1n) is 9.74. The minimum Gasteiger partial charge on any atom is -0.427 e. The second-order valence-electron chi connectivity index (χ2n) is 7.68. The normalized spacial score (nSPS) is 14.8. The van der Waals surface area contributed by atoms with Crippen LogP contribution in [0.4, 0.5) is 5.69 Å². The van der Waals surface area contributed by atoms with Crippen molar-refractivity contribution >= 4 is 11.7 Å². The molecule has 0 N–H and O–H groups in total. The summed E-state index contributed by atoms with van der Waals surface area (Å²) in [7, 11) is 0. The molecule has 1 aliphatic rings. The molecular weight excluding hydrogens is 338 g/mol. The van der Waals surface area contributed by atoms with Gasteiger partial charge < -0.3 is 14.4 Å². The molecule has 144 valence electrons. The van der Waals surface area contributed by atoms with Crippen LogP contribution < -0.4 is 9.64 Å². The second-order valence-corrected chi connectivity index (χ2v) is 7.68. The minimum atomic E-state index is -0.183. The predicted molar refractivity (Wildman–Crippen MR) is 108 cm³/mol. The van der Waals surface area contributed by atoms with Gasteiger partial charge in [-0.05, 0) is 36.6 Å². The van der Waals surface area contributed by atoms with E-state index in [4.69, 9.17) is 9.47 Å². The van der Waals surface area contributed by atoms with Crippen molar-refractivity contribution in [3.8, 4) is 5.75 Å². The van der Waals surface area contributed by atoms with Gasteiger partial charge >= 0.3 is 5.97 Å². The number of unbranched alkanes of at least 4 members (excludes halogenated alkanes) is 1. The van der Waals surface area contributed by atoms with Crippen LogP contribution in [0, 0.1) is 0 Å². The molecule has 0 aromatic heterocycles. The monoisotopic (exact) mass is 367 g/mol. The Hall–Kier alpha value is -2.33. The smallest absolute Gasteiger partial charge is 0.311 e. The van der Waals surface area contributed by atoms with E-state index in [1.165, 1.54) is 11.3 Å². The Morgan fingerprint density at radius 1 is 1.00 bits per heavy atom. The number of rotatable bonds is 9. The summed E-state index contributed by atoms with van der Waals surface area (Å²) < 4.78 is 11.1. The lowest BCUT2D eigenvalue weighted by atomic mass is 9.87. The van der Waals surface area contributed by atoms with Crippen LogP contribution in [0.3, 0.4) is 0 Å². The fourth-order valence-corrected chi connectivity index (χ4v) is 3.59. The lowest BCUT2D eigenvalue weighted by Crippen LogP contribution is -2.31. The quantitative estimate of drug-likeness (QED) is 0.369. The summed E-state index contributed by atoms with van der Waals surface area (Å²) in [5.74, 6) is 0.421. The molecule has 4 heteroatoms. The molecule has 0 unspecified atom stereocenters. The number of carbonyl (C=O) groups excluding carboxylic acids is 1. The molecule has 0 radical (unpaired) electrons. The van der Waals surface area contributed by atoms with Gasteiger partial charge in [-0.3, -0.25) is 4.79 Å². The molecule has 0 amide bonds. The number of hydrogen-bond donors (Lipinski definition) is 0. The number of nitrogens with zero attached hydrogens (tertiary/aromatic N) is 1. The largest absolute Gasteiger partial charge is 0.427 e. The van der Waals surface area contributed by atoms with Gasteiger partial charge in [-0.2, -0.15) is 0 Å². The molecule has 2 aromatic carbocycles. The average Bonchev–Trinajstić information content (AvgIpc) is 2.92. The Morgan fingerprint density at radius 3 is 2.56 bits per heavy atom. The van der Waals surface area contributed by atoms with Gasteiger partial charge in [0.25, 0.3) is 0 Å². The first-order chi connectivity index (χ1) is 13.1. The van der Waals surface area contributed by atoms with Crippen LogP contribution in [0.2, 0.25) is 0 Å². The third-order valence-corrected chi connectivity index (χ3v) is 4.96. The third-order valence-electron chi connectivity index (χ3n) is 4.96. The van der Waals surface area contributed by atoms with E-state index in [-0.39, 0.29) is 11.4 Å². The van der Waals surface area contributed by atoms with Crippen molar-refractivity contribution < 1.29 is 14.3 Å². The molecule has 0 fully saturated rings. The number of para-hydroxylation sites is 2. The van der Waals surface area contributed by atoms with Crippen LogP contribution in [0.25, 0.3) is 0 Å². The van der Waals surface area contributed by atoms with E-state index in [9.17, 15) is 4.79 Å². The Morgan fingerprint density at radius 2 is 1.74 bits per heavy atom. The van der Waals surface area contributed by atoms with Crippen LogP contribution >= 0.6 is 0 Å². The summed E-state index contributed by atoms with van der Waals surface area (Å²) in [6.45, 7) is 7.90. The van der Waals surface area contributed by atoms with Gasteiger partial charge in [-0.1, -0.05) is 50.2 Å². The standard InChI is InChI=1S/C23H29NO3/c1-23(2)18-24(21-13-7-6-12-20(21)23)15-17-26-16-9-8-14-22(25)27-19-10-4-3-5-11-19/h3-7,10-13H,8-9,14-18H2,1-2H3. The van der Waals surface area contributed by atoms with E-state index in [0.29, 0.717) is 25.4 Å². The maximum Gasteiger partial charge on any atom is 0.311 e. The number of benzene rings is 2. The fraction of sp³-hybridized carbons (Fsp3) is 0.435. The van der Waals surface area contributed by atoms with Gasteiger partial charge in [0.2, 0.25) is 0 Å². The van der Waals surface area contributed by atoms with Crippen LogP contribution in [0.1, 0.15) is 38.7 Å². The van der Waals surface area contributed by atoms with Gasteiger partial charge in [0.1, 0.15) is 5.75 Å². The maximum absolute atomic E-state index is 11.8. The number of fused-ring (bicyclic) bond motifs is 1. The molecular formula is C23H29NO3. The van der Waals surface area contributed by atoms with Crippen molar-refractivity contribution in [1.82, 2.24) is 0 Å². The van der Waals surface area contributed by atoms with E-state index in [0.717, 1.165) is 25.9 Å². The average molecular weight is 367 g/mol. The number of hydrogen-bond acceptors (Lipinski definition) is 4. The number of carbonyl (C=O) groups is 1. The first kappa shape index (κ1) is 19.4. The lowest BCUT2D eigenvalue weighted by Gasteiger charge is -2.22. The predicted octanol–water partition coefficient (Wildman–Crippen LogP) is 4.58. The van der Waals surface area contributed by atoms with Crippen LogP contribution in [-0.2, 0) is 14.9 Å². The lowest BCUT2D eigenvalue weighted by molar-refractivity contribution is -0.134. The Bertz CT molecular complexity index is 742. The van der Waals surface area contributed by atoms with Crippen LogP contribution in [0.5, 0.6) is 5.75 Å². The van der Waals surface area contributed by atoms with Gasteiger partial charge in [-0.15, -0.1) is 0 Å². The topological polar surface area (TPSA) is 38.8 Å².